The molecule has 2 heterocycles. The van der Waals surface area contributed by atoms with E-state index in [1.165, 1.54) is 12.1 Å². The van der Waals surface area contributed by atoms with E-state index in [4.69, 9.17) is 0 Å². The Bertz CT molecular complexity index is 580. The normalized spacial score (nSPS) is 15.5. The summed E-state index contributed by atoms with van der Waals surface area (Å²) >= 11 is 3.40. The highest BCUT2D eigenvalue weighted by Gasteiger charge is 2.18. The second-order valence-electron chi connectivity index (χ2n) is 4.77. The van der Waals surface area contributed by atoms with Gasteiger partial charge in [0, 0.05) is 31.9 Å². The molecule has 104 valence electrons. The quantitative estimate of drug-likeness (QED) is 0.785. The van der Waals surface area contributed by atoms with Gasteiger partial charge in [-0.25, -0.2) is 9.37 Å². The Morgan fingerprint density at radius 1 is 0.900 bits per heavy atom. The van der Waals surface area contributed by atoms with Gasteiger partial charge in [0.15, 0.2) is 0 Å². The van der Waals surface area contributed by atoms with Crippen molar-refractivity contribution in [1.29, 1.82) is 0 Å². The Morgan fingerprint density at radius 2 is 1.55 bits per heavy atom. The maximum absolute atomic E-state index is 12.9. The molecule has 5 heteroatoms. The number of halogens is 2. The van der Waals surface area contributed by atoms with Gasteiger partial charge >= 0.3 is 0 Å². The van der Waals surface area contributed by atoms with Crippen LogP contribution in [0.4, 0.5) is 15.9 Å². The third-order valence-electron chi connectivity index (χ3n) is 3.50. The molecule has 1 aliphatic heterocycles. The summed E-state index contributed by atoms with van der Waals surface area (Å²) in [6.07, 6.45) is 0. The van der Waals surface area contributed by atoms with Gasteiger partial charge in [-0.15, -0.1) is 0 Å². The molecular formula is C15H15BrFN3. The van der Waals surface area contributed by atoms with Crippen LogP contribution in [0.3, 0.4) is 0 Å². The maximum atomic E-state index is 12.9. The van der Waals surface area contributed by atoms with Crippen LogP contribution in [-0.2, 0) is 0 Å². The number of pyridine rings is 1. The predicted octanol–water partition coefficient (Wildman–Crippen LogP) is 3.31. The van der Waals surface area contributed by atoms with Crippen LogP contribution >= 0.6 is 15.9 Å². The van der Waals surface area contributed by atoms with Crippen molar-refractivity contribution >= 4 is 27.4 Å². The van der Waals surface area contributed by atoms with E-state index in [9.17, 15) is 4.39 Å². The van der Waals surface area contributed by atoms with E-state index in [2.05, 4.69) is 30.7 Å². The molecule has 0 aliphatic carbocycles. The van der Waals surface area contributed by atoms with E-state index in [1.807, 2.05) is 30.3 Å². The van der Waals surface area contributed by atoms with E-state index >= 15 is 0 Å². The Balaban J connectivity index is 1.66. The Labute approximate surface area is 126 Å². The molecule has 3 nitrogen and oxygen atoms in total. The molecule has 1 fully saturated rings. The van der Waals surface area contributed by atoms with Gasteiger partial charge in [-0.3, -0.25) is 0 Å². The number of nitrogens with zero attached hydrogens (tertiary/aromatic N) is 3. The van der Waals surface area contributed by atoms with E-state index in [0.717, 1.165) is 42.3 Å². The summed E-state index contributed by atoms with van der Waals surface area (Å²) in [5, 5.41) is 0. The van der Waals surface area contributed by atoms with Crippen LogP contribution in [0.25, 0.3) is 0 Å². The third kappa shape index (κ3) is 2.93. The van der Waals surface area contributed by atoms with Crippen LogP contribution in [-0.4, -0.2) is 31.2 Å². The second kappa shape index (κ2) is 5.79. The van der Waals surface area contributed by atoms with Crippen molar-refractivity contribution in [3.05, 3.63) is 52.9 Å². The zero-order valence-corrected chi connectivity index (χ0v) is 12.6. The highest BCUT2D eigenvalue weighted by molar-refractivity contribution is 9.10. The first kappa shape index (κ1) is 13.4. The highest BCUT2D eigenvalue weighted by atomic mass is 79.9. The van der Waals surface area contributed by atoms with Crippen molar-refractivity contribution in [1.82, 2.24) is 4.98 Å². The number of aromatic nitrogens is 1. The summed E-state index contributed by atoms with van der Waals surface area (Å²) in [5.41, 5.74) is 1.08. The lowest BCUT2D eigenvalue weighted by molar-refractivity contribution is 0.624. The smallest absolute Gasteiger partial charge is 0.129 e. The topological polar surface area (TPSA) is 19.4 Å². The number of hydrogen-bond donors (Lipinski definition) is 0. The average Bonchev–Trinajstić information content (AvgIpc) is 2.48. The molecule has 0 spiro atoms. The van der Waals surface area contributed by atoms with Crippen molar-refractivity contribution < 1.29 is 4.39 Å². The van der Waals surface area contributed by atoms with Gasteiger partial charge in [-0.05, 0) is 52.3 Å². The summed E-state index contributed by atoms with van der Waals surface area (Å²) in [5.74, 6) is 0.809. The molecule has 1 saturated heterocycles. The van der Waals surface area contributed by atoms with Gasteiger partial charge in [-0.2, -0.15) is 0 Å². The van der Waals surface area contributed by atoms with Crippen molar-refractivity contribution in [3.63, 3.8) is 0 Å². The molecule has 0 radical (unpaired) electrons. The van der Waals surface area contributed by atoms with Crippen molar-refractivity contribution in [2.75, 3.05) is 36.0 Å². The monoisotopic (exact) mass is 335 g/mol. The molecule has 1 aliphatic rings. The molecule has 1 aromatic heterocycles. The van der Waals surface area contributed by atoms with Gasteiger partial charge in [0.25, 0.3) is 0 Å². The van der Waals surface area contributed by atoms with Gasteiger partial charge in [0.05, 0.1) is 0 Å². The number of anilines is 2. The molecule has 2 aromatic rings. The number of hydrogen-bond acceptors (Lipinski definition) is 3. The fourth-order valence-electron chi connectivity index (χ4n) is 2.42. The van der Waals surface area contributed by atoms with E-state index in [-0.39, 0.29) is 5.82 Å². The predicted molar refractivity (Wildman–Crippen MR) is 82.8 cm³/mol. The number of benzene rings is 1. The van der Waals surface area contributed by atoms with E-state index in [0.29, 0.717) is 0 Å². The lowest BCUT2D eigenvalue weighted by Crippen LogP contribution is -2.46. The first-order valence-electron chi connectivity index (χ1n) is 6.60. The van der Waals surface area contributed by atoms with Gasteiger partial charge in [-0.1, -0.05) is 6.07 Å². The van der Waals surface area contributed by atoms with Crippen LogP contribution < -0.4 is 9.80 Å². The molecule has 0 unspecified atom stereocenters. The van der Waals surface area contributed by atoms with Gasteiger partial charge in [0.1, 0.15) is 16.2 Å². The molecule has 0 bridgehead atoms. The van der Waals surface area contributed by atoms with Crippen LogP contribution in [0.2, 0.25) is 0 Å². The SMILES string of the molecule is Fc1ccc(N2CCN(c3cccc(Br)n3)CC2)cc1. The third-order valence-corrected chi connectivity index (χ3v) is 3.94. The zero-order valence-electron chi connectivity index (χ0n) is 11.0. The minimum Gasteiger partial charge on any atom is -0.368 e. The van der Waals surface area contributed by atoms with Crippen molar-refractivity contribution in [2.24, 2.45) is 0 Å². The Kier molecular flexibility index (Phi) is 3.87. The van der Waals surface area contributed by atoms with Crippen LogP contribution in [0.15, 0.2) is 47.1 Å². The van der Waals surface area contributed by atoms with Gasteiger partial charge < -0.3 is 9.80 Å². The minimum absolute atomic E-state index is 0.189. The van der Waals surface area contributed by atoms with Gasteiger partial charge in [0.2, 0.25) is 0 Å². The first-order chi connectivity index (χ1) is 9.72. The summed E-state index contributed by atoms with van der Waals surface area (Å²) in [6.45, 7) is 3.67. The fourth-order valence-corrected chi connectivity index (χ4v) is 2.75. The molecule has 3 rings (SSSR count). The molecule has 20 heavy (non-hydrogen) atoms. The first-order valence-corrected chi connectivity index (χ1v) is 7.40. The standard InChI is InChI=1S/C15H15BrFN3/c16-14-2-1-3-15(18-14)20-10-8-19(9-11-20)13-6-4-12(17)5-7-13/h1-7H,8-11H2. The van der Waals surface area contributed by atoms with Crippen LogP contribution in [0.5, 0.6) is 0 Å². The summed E-state index contributed by atoms with van der Waals surface area (Å²) in [4.78, 5) is 9.02. The van der Waals surface area contributed by atoms with E-state index in [1.54, 1.807) is 0 Å². The fraction of sp³-hybridized carbons (Fsp3) is 0.267. The molecule has 0 amide bonds. The molecule has 1 aromatic carbocycles. The number of piperazine rings is 1. The van der Waals surface area contributed by atoms with Crippen molar-refractivity contribution in [3.8, 4) is 0 Å². The summed E-state index contributed by atoms with van der Waals surface area (Å²) in [6, 6.07) is 12.6. The Morgan fingerprint density at radius 3 is 2.20 bits per heavy atom. The average molecular weight is 336 g/mol. The molecule has 0 saturated carbocycles. The maximum Gasteiger partial charge on any atom is 0.129 e. The molecular weight excluding hydrogens is 321 g/mol. The van der Waals surface area contributed by atoms with E-state index < -0.39 is 0 Å². The largest absolute Gasteiger partial charge is 0.368 e. The molecule has 0 N–H and O–H groups in total. The minimum atomic E-state index is -0.189. The lowest BCUT2D eigenvalue weighted by Gasteiger charge is -2.36. The lowest BCUT2D eigenvalue weighted by atomic mass is 10.2. The Hall–Kier alpha value is -1.62. The molecule has 0 atom stereocenters. The zero-order chi connectivity index (χ0) is 13.9. The summed E-state index contributed by atoms with van der Waals surface area (Å²) < 4.78 is 13.8. The number of rotatable bonds is 2. The second-order valence-corrected chi connectivity index (χ2v) is 5.58. The van der Waals surface area contributed by atoms with Crippen LogP contribution in [0, 0.1) is 5.82 Å². The van der Waals surface area contributed by atoms with Crippen molar-refractivity contribution in [2.45, 2.75) is 0 Å². The highest BCUT2D eigenvalue weighted by Crippen LogP contribution is 2.20. The van der Waals surface area contributed by atoms with Crippen LogP contribution in [0.1, 0.15) is 0 Å². The summed E-state index contributed by atoms with van der Waals surface area (Å²) in [7, 11) is 0.